The second kappa shape index (κ2) is 4.30. The summed E-state index contributed by atoms with van der Waals surface area (Å²) in [6.45, 7) is 0. The highest BCUT2D eigenvalue weighted by atomic mass is 16.3. The van der Waals surface area contributed by atoms with Crippen LogP contribution in [0, 0.1) is 0 Å². The molecule has 0 aliphatic heterocycles. The van der Waals surface area contributed by atoms with Crippen LogP contribution in [-0.4, -0.2) is 10.8 Å². The first kappa shape index (κ1) is 11.4. The second-order valence-corrected chi connectivity index (χ2v) is 5.15. The molecule has 0 N–H and O–H groups in total. The predicted molar refractivity (Wildman–Crippen MR) is 75.8 cm³/mol. The van der Waals surface area contributed by atoms with Crippen LogP contribution in [0.3, 0.4) is 0 Å². The molecule has 3 nitrogen and oxygen atoms in total. The summed E-state index contributed by atoms with van der Waals surface area (Å²) in [5.74, 6) is 0.320. The summed E-state index contributed by atoms with van der Waals surface area (Å²) in [6.07, 6.45) is 3.49. The first-order chi connectivity index (χ1) is 9.83. The van der Waals surface area contributed by atoms with Crippen LogP contribution in [0.25, 0.3) is 11.0 Å². The lowest BCUT2D eigenvalue weighted by Gasteiger charge is -2.06. The molecule has 0 radical (unpaired) electrons. The number of para-hydroxylation sites is 1. The Labute approximate surface area is 116 Å². The summed E-state index contributed by atoms with van der Waals surface area (Å²) in [5.41, 5.74) is 2.86. The fourth-order valence-electron chi connectivity index (χ4n) is 2.94. The minimum atomic E-state index is -0.160. The van der Waals surface area contributed by atoms with E-state index >= 15 is 0 Å². The first-order valence-electron chi connectivity index (χ1n) is 6.79. The quantitative estimate of drug-likeness (QED) is 0.661. The number of furan rings is 1. The number of fused-ring (bicyclic) bond motifs is 2. The van der Waals surface area contributed by atoms with E-state index in [-0.39, 0.29) is 11.7 Å². The number of benzene rings is 1. The van der Waals surface area contributed by atoms with Gasteiger partial charge in [0, 0.05) is 11.6 Å². The van der Waals surface area contributed by atoms with E-state index in [0.29, 0.717) is 5.76 Å². The highest BCUT2D eigenvalue weighted by Gasteiger charge is 2.32. The van der Waals surface area contributed by atoms with E-state index in [1.807, 2.05) is 42.5 Å². The predicted octanol–water partition coefficient (Wildman–Crippen LogP) is 3.74. The molecule has 0 bridgehead atoms. The van der Waals surface area contributed by atoms with Gasteiger partial charge in [-0.15, -0.1) is 0 Å². The maximum absolute atomic E-state index is 12.6. The number of nitrogens with zero attached hydrogens (tertiary/aromatic N) is 1. The molecule has 2 heterocycles. The molecule has 20 heavy (non-hydrogen) atoms. The zero-order valence-corrected chi connectivity index (χ0v) is 10.9. The smallest absolute Gasteiger partial charge is 0.207 e. The molecule has 0 fully saturated rings. The fraction of sp³-hybridized carbons (Fsp3) is 0.176. The topological polar surface area (TPSA) is 43.1 Å². The Kier molecular flexibility index (Phi) is 2.46. The van der Waals surface area contributed by atoms with Gasteiger partial charge in [0.15, 0.2) is 5.76 Å². The van der Waals surface area contributed by atoms with Gasteiger partial charge in [-0.2, -0.15) is 0 Å². The van der Waals surface area contributed by atoms with Crippen molar-refractivity contribution in [3.05, 3.63) is 65.7 Å². The van der Waals surface area contributed by atoms with Gasteiger partial charge in [-0.1, -0.05) is 24.3 Å². The molecular formula is C17H13NO2. The van der Waals surface area contributed by atoms with Crippen LogP contribution in [0.1, 0.15) is 34.2 Å². The summed E-state index contributed by atoms with van der Waals surface area (Å²) in [4.78, 5) is 17.0. The molecule has 1 aliphatic rings. The van der Waals surface area contributed by atoms with Crippen LogP contribution < -0.4 is 0 Å². The van der Waals surface area contributed by atoms with Gasteiger partial charge in [-0.05, 0) is 36.6 Å². The number of pyridine rings is 1. The number of hydrogen-bond acceptors (Lipinski definition) is 3. The number of hydrogen-bond donors (Lipinski definition) is 0. The highest BCUT2D eigenvalue weighted by Crippen LogP contribution is 2.34. The Morgan fingerprint density at radius 1 is 1.20 bits per heavy atom. The van der Waals surface area contributed by atoms with Crippen molar-refractivity contribution in [1.82, 2.24) is 4.98 Å². The van der Waals surface area contributed by atoms with E-state index < -0.39 is 0 Å². The minimum absolute atomic E-state index is 0.0404. The van der Waals surface area contributed by atoms with E-state index in [1.165, 1.54) is 5.56 Å². The Bertz CT molecular complexity index is 770. The summed E-state index contributed by atoms with van der Waals surface area (Å²) < 4.78 is 5.68. The SMILES string of the molecule is O=C(c1cc2ccccc2o1)C1CCc2cccnc21. The Balaban J connectivity index is 1.74. The molecule has 3 heteroatoms. The largest absolute Gasteiger partial charge is 0.453 e. The maximum atomic E-state index is 12.6. The molecule has 0 saturated carbocycles. The van der Waals surface area contributed by atoms with E-state index in [4.69, 9.17) is 4.42 Å². The lowest BCUT2D eigenvalue weighted by atomic mass is 9.99. The number of carbonyl (C=O) groups is 1. The summed E-state index contributed by atoms with van der Waals surface area (Å²) in [7, 11) is 0. The van der Waals surface area contributed by atoms with Crippen LogP contribution in [0.15, 0.2) is 53.1 Å². The normalized spacial score (nSPS) is 17.3. The third-order valence-corrected chi connectivity index (χ3v) is 3.94. The first-order valence-corrected chi connectivity index (χ1v) is 6.79. The molecule has 0 saturated heterocycles. The van der Waals surface area contributed by atoms with Gasteiger partial charge < -0.3 is 4.42 Å². The van der Waals surface area contributed by atoms with Gasteiger partial charge in [-0.25, -0.2) is 0 Å². The van der Waals surface area contributed by atoms with Gasteiger partial charge in [0.2, 0.25) is 5.78 Å². The van der Waals surface area contributed by atoms with Crippen molar-refractivity contribution in [2.45, 2.75) is 18.8 Å². The number of aryl methyl sites for hydroxylation is 1. The van der Waals surface area contributed by atoms with Crippen molar-refractivity contribution in [3.8, 4) is 0 Å². The van der Waals surface area contributed by atoms with Crippen molar-refractivity contribution in [2.75, 3.05) is 0 Å². The van der Waals surface area contributed by atoms with Crippen molar-refractivity contribution >= 4 is 16.8 Å². The monoisotopic (exact) mass is 263 g/mol. The molecule has 0 amide bonds. The van der Waals surface area contributed by atoms with Crippen molar-refractivity contribution in [1.29, 1.82) is 0 Å². The van der Waals surface area contributed by atoms with Crippen LogP contribution in [0.5, 0.6) is 0 Å². The van der Waals surface area contributed by atoms with E-state index in [1.54, 1.807) is 6.20 Å². The minimum Gasteiger partial charge on any atom is -0.453 e. The molecule has 1 atom stereocenters. The molecule has 1 aliphatic carbocycles. The molecule has 1 unspecified atom stereocenters. The van der Waals surface area contributed by atoms with Gasteiger partial charge in [0.1, 0.15) is 5.58 Å². The van der Waals surface area contributed by atoms with Gasteiger partial charge in [0.05, 0.1) is 11.6 Å². The number of rotatable bonds is 2. The van der Waals surface area contributed by atoms with Crippen molar-refractivity contribution < 1.29 is 9.21 Å². The van der Waals surface area contributed by atoms with E-state index in [9.17, 15) is 4.79 Å². The van der Waals surface area contributed by atoms with Gasteiger partial charge in [-0.3, -0.25) is 9.78 Å². The zero-order valence-electron chi connectivity index (χ0n) is 10.9. The standard InChI is InChI=1S/C17H13NO2/c19-17(13-8-7-11-5-3-9-18-16(11)13)15-10-12-4-1-2-6-14(12)20-15/h1-6,9-10,13H,7-8H2. The Morgan fingerprint density at radius 3 is 3.00 bits per heavy atom. The van der Waals surface area contributed by atoms with Crippen LogP contribution in [0.4, 0.5) is 0 Å². The molecule has 1 aromatic carbocycles. The van der Waals surface area contributed by atoms with Gasteiger partial charge >= 0.3 is 0 Å². The lowest BCUT2D eigenvalue weighted by molar-refractivity contribution is 0.0933. The molecule has 3 aromatic rings. The van der Waals surface area contributed by atoms with Gasteiger partial charge in [0.25, 0.3) is 0 Å². The number of ketones is 1. The fourth-order valence-corrected chi connectivity index (χ4v) is 2.94. The Morgan fingerprint density at radius 2 is 2.10 bits per heavy atom. The van der Waals surface area contributed by atoms with Crippen LogP contribution in [-0.2, 0) is 6.42 Å². The summed E-state index contributed by atoms with van der Waals surface area (Å²) in [6, 6.07) is 13.5. The Hall–Kier alpha value is -2.42. The molecule has 2 aromatic heterocycles. The van der Waals surface area contributed by atoms with Crippen molar-refractivity contribution in [2.24, 2.45) is 0 Å². The number of carbonyl (C=O) groups excluding carboxylic acids is 1. The zero-order chi connectivity index (χ0) is 13.5. The average Bonchev–Trinajstić information content (AvgIpc) is 3.10. The van der Waals surface area contributed by atoms with Crippen molar-refractivity contribution in [3.63, 3.8) is 0 Å². The highest BCUT2D eigenvalue weighted by molar-refractivity contribution is 6.02. The number of aromatic nitrogens is 1. The van der Waals surface area contributed by atoms with E-state index in [0.717, 1.165) is 29.5 Å². The summed E-state index contributed by atoms with van der Waals surface area (Å²) >= 11 is 0. The third kappa shape index (κ3) is 1.67. The second-order valence-electron chi connectivity index (χ2n) is 5.15. The lowest BCUT2D eigenvalue weighted by Crippen LogP contribution is -2.10. The summed E-state index contributed by atoms with van der Waals surface area (Å²) in [5, 5.41) is 0.968. The maximum Gasteiger partial charge on any atom is 0.207 e. The number of Topliss-reactive ketones (excluding diaryl/α,β-unsaturated/α-hetero) is 1. The van der Waals surface area contributed by atoms with E-state index in [2.05, 4.69) is 4.98 Å². The molecular weight excluding hydrogens is 250 g/mol. The molecule has 4 rings (SSSR count). The third-order valence-electron chi connectivity index (χ3n) is 3.94. The van der Waals surface area contributed by atoms with Crippen LogP contribution in [0.2, 0.25) is 0 Å². The average molecular weight is 263 g/mol. The van der Waals surface area contributed by atoms with Crippen LogP contribution >= 0.6 is 0 Å². The molecule has 98 valence electrons. The molecule has 0 spiro atoms.